The van der Waals surface area contributed by atoms with Gasteiger partial charge in [0.2, 0.25) is 0 Å². The topological polar surface area (TPSA) is 237 Å². The van der Waals surface area contributed by atoms with E-state index in [1.165, 1.54) is 116 Å². The van der Waals surface area contributed by atoms with Crippen molar-refractivity contribution < 1.29 is 80.2 Å². The largest absolute Gasteiger partial charge is 0.472 e. The van der Waals surface area contributed by atoms with Crippen LogP contribution in [0.4, 0.5) is 0 Å². The molecule has 0 amide bonds. The average molecular weight is 1320 g/mol. The molecule has 0 aromatic heterocycles. The zero-order valence-electron chi connectivity index (χ0n) is 58.1. The Hall–Kier alpha value is -2.46. The Balaban J connectivity index is 5.28. The lowest BCUT2D eigenvalue weighted by Crippen LogP contribution is -2.30. The molecule has 0 saturated carbocycles. The second kappa shape index (κ2) is 61.4. The van der Waals surface area contributed by atoms with Crippen LogP contribution in [-0.4, -0.2) is 96.7 Å². The summed E-state index contributed by atoms with van der Waals surface area (Å²) < 4.78 is 68.2. The lowest BCUT2D eigenvalue weighted by Gasteiger charge is -2.21. The Bertz CT molecular complexity index is 1860. The van der Waals surface area contributed by atoms with Gasteiger partial charge >= 0.3 is 39.5 Å². The summed E-state index contributed by atoms with van der Waals surface area (Å²) in [6.07, 6.45) is 48.1. The summed E-state index contributed by atoms with van der Waals surface area (Å²) >= 11 is 0. The van der Waals surface area contributed by atoms with E-state index in [2.05, 4.69) is 72.8 Å². The Morgan fingerprint density at radius 1 is 0.367 bits per heavy atom. The molecule has 0 radical (unpaired) electrons. The minimum atomic E-state index is -4.96. The molecule has 0 spiro atoms. The zero-order valence-corrected chi connectivity index (χ0v) is 59.9. The van der Waals surface area contributed by atoms with Crippen molar-refractivity contribution in [3.63, 3.8) is 0 Å². The third-order valence-corrected chi connectivity index (χ3v) is 18.0. The number of hydrogen-bond donors (Lipinski definition) is 3. The molecule has 530 valence electrons. The van der Waals surface area contributed by atoms with Gasteiger partial charge in [-0.15, -0.1) is 0 Å². The number of carbonyl (C=O) groups excluding carboxylic acids is 4. The van der Waals surface area contributed by atoms with Crippen molar-refractivity contribution in [3.8, 4) is 0 Å². The molecular formula is C71H134O17P2. The second-order valence-electron chi connectivity index (χ2n) is 26.1. The van der Waals surface area contributed by atoms with Gasteiger partial charge < -0.3 is 33.8 Å². The van der Waals surface area contributed by atoms with Crippen molar-refractivity contribution in [2.45, 2.75) is 349 Å². The van der Waals surface area contributed by atoms with Gasteiger partial charge in [0.1, 0.15) is 19.3 Å². The van der Waals surface area contributed by atoms with Crippen molar-refractivity contribution in [2.75, 3.05) is 39.6 Å². The summed E-state index contributed by atoms with van der Waals surface area (Å²) in [4.78, 5) is 72.5. The predicted octanol–water partition coefficient (Wildman–Crippen LogP) is 19.8. The quantitative estimate of drug-likeness (QED) is 0.0169. The van der Waals surface area contributed by atoms with Gasteiger partial charge in [0.15, 0.2) is 12.2 Å². The fraction of sp³-hybridized carbons (Fsp3) is 0.887. The summed E-state index contributed by atoms with van der Waals surface area (Å²) in [6.45, 7) is 11.7. The van der Waals surface area contributed by atoms with Gasteiger partial charge in [-0.05, 0) is 69.1 Å². The lowest BCUT2D eigenvalue weighted by atomic mass is 9.99. The van der Waals surface area contributed by atoms with Crippen LogP contribution in [0.25, 0.3) is 0 Å². The SMILES string of the molecule is CCCCCC/C=C\C=C/CCCCCCCC(=O)OC[C@H](COP(=O)(O)OC[C@@H](O)COP(=O)(O)OC[C@@H](COC(=O)CCCCCCCCC(C)C)OC(=O)CCCCCCCCCCCCC(C)CC)OC(=O)CCCCCCCCCCCC(C)C. The third-order valence-electron chi connectivity index (χ3n) is 16.1. The van der Waals surface area contributed by atoms with Gasteiger partial charge in [-0.1, -0.05) is 278 Å². The number of unbranched alkanes of at least 4 members (excludes halogenated alkanes) is 31. The van der Waals surface area contributed by atoms with Crippen molar-refractivity contribution in [1.82, 2.24) is 0 Å². The fourth-order valence-electron chi connectivity index (χ4n) is 10.1. The van der Waals surface area contributed by atoms with Crippen LogP contribution in [0.3, 0.4) is 0 Å². The molecule has 6 atom stereocenters. The molecule has 0 heterocycles. The number of esters is 4. The summed E-state index contributed by atoms with van der Waals surface area (Å²) in [7, 11) is -9.91. The highest BCUT2D eigenvalue weighted by Gasteiger charge is 2.30. The number of phosphoric ester groups is 2. The summed E-state index contributed by atoms with van der Waals surface area (Å²) in [6, 6.07) is 0. The number of rotatable bonds is 67. The fourth-order valence-corrected chi connectivity index (χ4v) is 11.7. The maximum Gasteiger partial charge on any atom is 0.472 e. The van der Waals surface area contributed by atoms with Crippen LogP contribution in [0.1, 0.15) is 331 Å². The molecule has 3 N–H and O–H groups in total. The van der Waals surface area contributed by atoms with Gasteiger partial charge in [0.05, 0.1) is 26.4 Å². The van der Waals surface area contributed by atoms with Crippen LogP contribution in [0.5, 0.6) is 0 Å². The highest BCUT2D eigenvalue weighted by Crippen LogP contribution is 2.45. The van der Waals surface area contributed by atoms with Crippen molar-refractivity contribution in [3.05, 3.63) is 24.3 Å². The van der Waals surface area contributed by atoms with Crippen LogP contribution in [0.2, 0.25) is 0 Å². The van der Waals surface area contributed by atoms with Gasteiger partial charge in [-0.2, -0.15) is 0 Å². The first kappa shape index (κ1) is 87.5. The lowest BCUT2D eigenvalue weighted by molar-refractivity contribution is -0.161. The second-order valence-corrected chi connectivity index (χ2v) is 29.0. The number of aliphatic hydroxyl groups is 1. The number of aliphatic hydroxyl groups excluding tert-OH is 1. The Kier molecular flexibility index (Phi) is 59.7. The van der Waals surface area contributed by atoms with E-state index in [1.54, 1.807) is 0 Å². The molecule has 0 bridgehead atoms. The average Bonchev–Trinajstić information content (AvgIpc) is 3.16. The minimum Gasteiger partial charge on any atom is -0.462 e. The predicted molar refractivity (Wildman–Crippen MR) is 363 cm³/mol. The number of hydrogen-bond acceptors (Lipinski definition) is 15. The highest BCUT2D eigenvalue weighted by atomic mass is 31.2. The van der Waals surface area contributed by atoms with Crippen LogP contribution < -0.4 is 0 Å². The molecule has 0 aliphatic rings. The molecule has 0 aromatic carbocycles. The normalized spacial score (nSPS) is 14.7. The van der Waals surface area contributed by atoms with E-state index >= 15 is 0 Å². The summed E-state index contributed by atoms with van der Waals surface area (Å²) in [5.41, 5.74) is 0. The molecule has 0 aromatic rings. The van der Waals surface area contributed by atoms with E-state index in [4.69, 9.17) is 37.0 Å². The van der Waals surface area contributed by atoms with E-state index in [9.17, 15) is 43.2 Å². The molecule has 0 fully saturated rings. The zero-order chi connectivity index (χ0) is 66.6. The van der Waals surface area contributed by atoms with E-state index in [0.29, 0.717) is 31.6 Å². The van der Waals surface area contributed by atoms with Crippen LogP contribution in [-0.2, 0) is 65.4 Å². The molecule has 3 unspecified atom stereocenters. The Morgan fingerprint density at radius 3 is 0.989 bits per heavy atom. The van der Waals surface area contributed by atoms with Crippen LogP contribution in [0, 0.1) is 17.8 Å². The minimum absolute atomic E-state index is 0.0979. The van der Waals surface area contributed by atoms with Crippen molar-refractivity contribution in [1.29, 1.82) is 0 Å². The maximum atomic E-state index is 13.0. The number of carbonyl (C=O) groups is 4. The van der Waals surface area contributed by atoms with Crippen LogP contribution in [0.15, 0.2) is 24.3 Å². The van der Waals surface area contributed by atoms with Crippen molar-refractivity contribution in [2.24, 2.45) is 17.8 Å². The first-order valence-electron chi connectivity index (χ1n) is 36.2. The molecule has 17 nitrogen and oxygen atoms in total. The first-order valence-corrected chi connectivity index (χ1v) is 39.2. The molecule has 0 rings (SSSR count). The van der Waals surface area contributed by atoms with E-state index < -0.39 is 97.5 Å². The number of allylic oxidation sites excluding steroid dienone is 4. The monoisotopic (exact) mass is 1320 g/mol. The smallest absolute Gasteiger partial charge is 0.462 e. The summed E-state index contributed by atoms with van der Waals surface area (Å²) in [5.74, 6) is 0.0543. The summed E-state index contributed by atoms with van der Waals surface area (Å²) in [5, 5.41) is 10.6. The third kappa shape index (κ3) is 63.0. The number of phosphoric acid groups is 2. The number of ether oxygens (including phenoxy) is 4. The van der Waals surface area contributed by atoms with Crippen LogP contribution >= 0.6 is 15.6 Å². The highest BCUT2D eigenvalue weighted by molar-refractivity contribution is 7.47. The van der Waals surface area contributed by atoms with Gasteiger partial charge in [0.25, 0.3) is 0 Å². The Labute approximate surface area is 548 Å². The standard InChI is InChI=1S/C71H134O17P2/c1-8-10-11-12-13-14-15-16-17-18-19-25-30-38-45-52-68(73)81-58-66(87-71(76)55-48-41-32-27-22-23-28-35-42-49-62(3)4)60-85-89(77,78)83-56-65(72)57-84-90(79,80)86-61-67(59-82-69(74)53-46-39-34-33-36-43-50-63(5)6)88-70(75)54-47-40-31-26-21-20-24-29-37-44-51-64(7)9-2/h14-17,62-67,72H,8-13,18-61H2,1-7H3,(H,77,78)(H,79,80)/b15-14-,17-16-/t64?,65-,66-,67-/m1/s1. The molecule has 90 heavy (non-hydrogen) atoms. The first-order chi connectivity index (χ1) is 43.3. The molecule has 0 aliphatic heterocycles. The van der Waals surface area contributed by atoms with E-state index in [-0.39, 0.29) is 25.7 Å². The maximum absolute atomic E-state index is 13.0. The molecule has 0 aliphatic carbocycles. The van der Waals surface area contributed by atoms with Gasteiger partial charge in [-0.25, -0.2) is 9.13 Å². The van der Waals surface area contributed by atoms with E-state index in [0.717, 1.165) is 127 Å². The molecule has 19 heteroatoms. The van der Waals surface area contributed by atoms with Gasteiger partial charge in [0, 0.05) is 25.7 Å². The van der Waals surface area contributed by atoms with Gasteiger partial charge in [-0.3, -0.25) is 37.3 Å². The molecular weight excluding hydrogens is 1190 g/mol. The Morgan fingerprint density at radius 2 is 0.656 bits per heavy atom. The molecule has 0 saturated heterocycles. The van der Waals surface area contributed by atoms with Crippen molar-refractivity contribution >= 4 is 39.5 Å². The van der Waals surface area contributed by atoms with E-state index in [1.807, 2.05) is 0 Å².